The van der Waals surface area contributed by atoms with E-state index >= 15 is 0 Å². The Bertz CT molecular complexity index is 327. The van der Waals surface area contributed by atoms with Crippen LogP contribution in [0.3, 0.4) is 0 Å². The second kappa shape index (κ2) is 5.49. The number of hydrogen-bond donors (Lipinski definition) is 1. The molecule has 3 nitrogen and oxygen atoms in total. The number of Topliss-reactive ketones (excluding diaryl/α,β-unsaturated/α-hetero) is 1. The van der Waals surface area contributed by atoms with Crippen molar-refractivity contribution >= 4 is 11.6 Å². The number of nitrogens with zero attached hydrogens (tertiary/aromatic N) is 1. The van der Waals surface area contributed by atoms with Crippen LogP contribution in [0, 0.1) is 6.92 Å². The first-order valence-corrected chi connectivity index (χ1v) is 5.36. The minimum atomic E-state index is 0.306. The highest BCUT2D eigenvalue weighted by molar-refractivity contribution is 5.78. The van der Waals surface area contributed by atoms with Crippen molar-refractivity contribution < 1.29 is 4.79 Å². The average Bonchev–Trinajstić information content (AvgIpc) is 2.17. The van der Waals surface area contributed by atoms with Gasteiger partial charge in [0, 0.05) is 19.0 Å². The van der Waals surface area contributed by atoms with E-state index in [1.54, 1.807) is 6.20 Å². The van der Waals surface area contributed by atoms with Gasteiger partial charge >= 0.3 is 0 Å². The first-order chi connectivity index (χ1) is 7.15. The summed E-state index contributed by atoms with van der Waals surface area (Å²) in [4.78, 5) is 15.4. The van der Waals surface area contributed by atoms with Crippen molar-refractivity contribution in [3.63, 3.8) is 0 Å². The Morgan fingerprint density at radius 3 is 2.80 bits per heavy atom. The number of anilines is 1. The van der Waals surface area contributed by atoms with Crippen LogP contribution >= 0.6 is 0 Å². The average molecular weight is 206 g/mol. The van der Waals surface area contributed by atoms with Crippen LogP contribution < -0.4 is 5.73 Å². The predicted octanol–water partition coefficient (Wildman–Crippen LogP) is 2.27. The molecule has 0 aliphatic carbocycles. The number of pyridine rings is 1. The number of rotatable bonds is 5. The SMILES string of the molecule is CCCC(=O)CCc1c(C)ccnc1N. The Morgan fingerprint density at radius 1 is 1.47 bits per heavy atom. The summed E-state index contributed by atoms with van der Waals surface area (Å²) in [5.41, 5.74) is 7.89. The molecule has 0 atom stereocenters. The third kappa shape index (κ3) is 3.35. The van der Waals surface area contributed by atoms with Crippen LogP contribution in [0.4, 0.5) is 5.82 Å². The second-order valence-corrected chi connectivity index (χ2v) is 3.78. The zero-order valence-electron chi connectivity index (χ0n) is 9.42. The van der Waals surface area contributed by atoms with E-state index in [-0.39, 0.29) is 0 Å². The maximum absolute atomic E-state index is 11.4. The highest BCUT2D eigenvalue weighted by atomic mass is 16.1. The maximum atomic E-state index is 11.4. The van der Waals surface area contributed by atoms with Crippen molar-refractivity contribution in [3.8, 4) is 0 Å². The molecule has 0 fully saturated rings. The number of hydrogen-bond acceptors (Lipinski definition) is 3. The molecule has 0 unspecified atom stereocenters. The smallest absolute Gasteiger partial charge is 0.133 e. The molecule has 1 rings (SSSR count). The molecule has 0 amide bonds. The molecule has 0 saturated carbocycles. The molecule has 82 valence electrons. The van der Waals surface area contributed by atoms with E-state index < -0.39 is 0 Å². The summed E-state index contributed by atoms with van der Waals surface area (Å²) in [6, 6.07) is 1.93. The monoisotopic (exact) mass is 206 g/mol. The van der Waals surface area contributed by atoms with Crippen molar-refractivity contribution in [1.29, 1.82) is 0 Å². The van der Waals surface area contributed by atoms with Gasteiger partial charge in [0.2, 0.25) is 0 Å². The molecule has 0 aromatic carbocycles. The number of aromatic nitrogens is 1. The van der Waals surface area contributed by atoms with E-state index in [2.05, 4.69) is 4.98 Å². The minimum Gasteiger partial charge on any atom is -0.383 e. The lowest BCUT2D eigenvalue weighted by molar-refractivity contribution is -0.119. The third-order valence-electron chi connectivity index (χ3n) is 2.51. The summed E-state index contributed by atoms with van der Waals surface area (Å²) in [7, 11) is 0. The van der Waals surface area contributed by atoms with Gasteiger partial charge in [0.1, 0.15) is 11.6 Å². The Morgan fingerprint density at radius 2 is 2.20 bits per heavy atom. The molecule has 0 radical (unpaired) electrons. The summed E-state index contributed by atoms with van der Waals surface area (Å²) in [5.74, 6) is 0.861. The van der Waals surface area contributed by atoms with Gasteiger partial charge in [0.05, 0.1) is 0 Å². The zero-order chi connectivity index (χ0) is 11.3. The van der Waals surface area contributed by atoms with Crippen molar-refractivity contribution in [3.05, 3.63) is 23.4 Å². The van der Waals surface area contributed by atoms with Gasteiger partial charge in [-0.05, 0) is 37.0 Å². The van der Waals surface area contributed by atoms with Crippen LogP contribution in [0.5, 0.6) is 0 Å². The van der Waals surface area contributed by atoms with Crippen LogP contribution in [0.1, 0.15) is 37.3 Å². The normalized spacial score (nSPS) is 10.3. The second-order valence-electron chi connectivity index (χ2n) is 3.78. The fraction of sp³-hybridized carbons (Fsp3) is 0.500. The van der Waals surface area contributed by atoms with Gasteiger partial charge in [0.25, 0.3) is 0 Å². The van der Waals surface area contributed by atoms with Gasteiger partial charge in [-0.15, -0.1) is 0 Å². The van der Waals surface area contributed by atoms with E-state index in [1.807, 2.05) is 19.9 Å². The number of nitrogen functional groups attached to an aromatic ring is 1. The number of aryl methyl sites for hydroxylation is 1. The lowest BCUT2D eigenvalue weighted by Crippen LogP contribution is -2.04. The first kappa shape index (κ1) is 11.7. The van der Waals surface area contributed by atoms with Crippen molar-refractivity contribution in [1.82, 2.24) is 4.98 Å². The van der Waals surface area contributed by atoms with E-state index in [4.69, 9.17) is 5.73 Å². The molecule has 15 heavy (non-hydrogen) atoms. The molecular weight excluding hydrogens is 188 g/mol. The Balaban J connectivity index is 2.61. The molecular formula is C12H18N2O. The topological polar surface area (TPSA) is 56.0 Å². The van der Waals surface area contributed by atoms with Gasteiger partial charge in [-0.25, -0.2) is 4.98 Å². The lowest BCUT2D eigenvalue weighted by Gasteiger charge is -2.07. The number of ketones is 1. The van der Waals surface area contributed by atoms with Crippen molar-refractivity contribution in [2.75, 3.05) is 5.73 Å². The maximum Gasteiger partial charge on any atom is 0.133 e. The molecule has 1 heterocycles. The van der Waals surface area contributed by atoms with Crippen LogP contribution in [-0.2, 0) is 11.2 Å². The summed E-state index contributed by atoms with van der Waals surface area (Å²) < 4.78 is 0. The van der Waals surface area contributed by atoms with Gasteiger partial charge in [-0.3, -0.25) is 4.79 Å². The number of carbonyl (C=O) groups excluding carboxylic acids is 1. The van der Waals surface area contributed by atoms with Gasteiger partial charge in [0.15, 0.2) is 0 Å². The first-order valence-electron chi connectivity index (χ1n) is 5.36. The molecule has 0 saturated heterocycles. The van der Waals surface area contributed by atoms with Crippen LogP contribution in [-0.4, -0.2) is 10.8 Å². The molecule has 3 heteroatoms. The predicted molar refractivity (Wildman–Crippen MR) is 61.6 cm³/mol. The van der Waals surface area contributed by atoms with Crippen LogP contribution in [0.25, 0.3) is 0 Å². The molecule has 1 aromatic heterocycles. The summed E-state index contributed by atoms with van der Waals surface area (Å²) >= 11 is 0. The fourth-order valence-electron chi connectivity index (χ4n) is 1.60. The minimum absolute atomic E-state index is 0.306. The quantitative estimate of drug-likeness (QED) is 0.804. The molecule has 2 N–H and O–H groups in total. The Kier molecular flexibility index (Phi) is 4.28. The lowest BCUT2D eigenvalue weighted by atomic mass is 10.0. The molecule has 1 aromatic rings. The standard InChI is InChI=1S/C12H18N2O/c1-3-4-10(15)5-6-11-9(2)7-8-14-12(11)13/h7-8H,3-6H2,1-2H3,(H2,13,14). The highest BCUT2D eigenvalue weighted by Crippen LogP contribution is 2.16. The fourth-order valence-corrected chi connectivity index (χ4v) is 1.60. The van der Waals surface area contributed by atoms with Crippen LogP contribution in [0.2, 0.25) is 0 Å². The summed E-state index contributed by atoms with van der Waals surface area (Å²) in [6.45, 7) is 4.01. The zero-order valence-corrected chi connectivity index (χ0v) is 9.42. The van der Waals surface area contributed by atoms with Crippen LogP contribution in [0.15, 0.2) is 12.3 Å². The van der Waals surface area contributed by atoms with E-state index in [1.165, 1.54) is 0 Å². The molecule has 0 aliphatic heterocycles. The van der Waals surface area contributed by atoms with Crippen molar-refractivity contribution in [2.24, 2.45) is 0 Å². The molecule has 0 aliphatic rings. The van der Waals surface area contributed by atoms with Crippen molar-refractivity contribution in [2.45, 2.75) is 39.5 Å². The largest absolute Gasteiger partial charge is 0.383 e. The highest BCUT2D eigenvalue weighted by Gasteiger charge is 2.07. The number of nitrogens with two attached hydrogens (primary N) is 1. The van der Waals surface area contributed by atoms with E-state index in [0.717, 1.165) is 17.5 Å². The van der Waals surface area contributed by atoms with E-state index in [0.29, 0.717) is 30.9 Å². The summed E-state index contributed by atoms with van der Waals surface area (Å²) in [6.07, 6.45) is 4.57. The molecule has 0 bridgehead atoms. The van der Waals surface area contributed by atoms with Gasteiger partial charge in [-0.1, -0.05) is 6.92 Å². The number of carbonyl (C=O) groups is 1. The van der Waals surface area contributed by atoms with E-state index in [9.17, 15) is 4.79 Å². The Labute approximate surface area is 90.7 Å². The summed E-state index contributed by atoms with van der Waals surface area (Å²) in [5, 5.41) is 0. The van der Waals surface area contributed by atoms with Gasteiger partial charge in [-0.2, -0.15) is 0 Å². The Hall–Kier alpha value is -1.38. The molecule has 0 spiro atoms. The van der Waals surface area contributed by atoms with Gasteiger partial charge < -0.3 is 5.73 Å². The third-order valence-corrected chi connectivity index (χ3v) is 2.51.